The molecule has 3 rings (SSSR count). The Kier molecular flexibility index (Phi) is 5.07. The molecule has 0 fully saturated rings. The maximum Gasteiger partial charge on any atom is 0.310 e. The van der Waals surface area contributed by atoms with Gasteiger partial charge in [0, 0.05) is 11.9 Å². The number of aromatic nitrogens is 3. The average molecular weight is 350 g/mol. The van der Waals surface area contributed by atoms with Gasteiger partial charge in [-0.2, -0.15) is 5.10 Å². The quantitative estimate of drug-likeness (QED) is 0.715. The fourth-order valence-corrected chi connectivity index (χ4v) is 2.56. The van der Waals surface area contributed by atoms with Gasteiger partial charge in [-0.3, -0.25) is 9.59 Å². The predicted octanol–water partition coefficient (Wildman–Crippen LogP) is 2.54. The van der Waals surface area contributed by atoms with E-state index in [0.717, 1.165) is 0 Å². The maximum atomic E-state index is 12.7. The van der Waals surface area contributed by atoms with Crippen LogP contribution in [0.3, 0.4) is 0 Å². The Balaban J connectivity index is 1.84. The van der Waals surface area contributed by atoms with E-state index in [-0.39, 0.29) is 18.3 Å². The van der Waals surface area contributed by atoms with Gasteiger partial charge in [0.25, 0.3) is 5.91 Å². The van der Waals surface area contributed by atoms with Crippen LogP contribution in [0.2, 0.25) is 0 Å². The second-order valence-corrected chi connectivity index (χ2v) is 5.61. The summed E-state index contributed by atoms with van der Waals surface area (Å²) in [5.41, 5.74) is 2.35. The van der Waals surface area contributed by atoms with E-state index in [0.29, 0.717) is 28.3 Å². The van der Waals surface area contributed by atoms with E-state index in [2.05, 4.69) is 15.4 Å². The summed E-state index contributed by atoms with van der Waals surface area (Å²) in [6.45, 7) is 1.80. The zero-order valence-electron chi connectivity index (χ0n) is 14.5. The lowest BCUT2D eigenvalue weighted by Gasteiger charge is -2.10. The molecular formula is C19H18N4O3. The van der Waals surface area contributed by atoms with Crippen LogP contribution in [0.1, 0.15) is 21.6 Å². The maximum absolute atomic E-state index is 12.7. The van der Waals surface area contributed by atoms with Gasteiger partial charge in [0.1, 0.15) is 0 Å². The summed E-state index contributed by atoms with van der Waals surface area (Å²) >= 11 is 0. The van der Waals surface area contributed by atoms with Crippen LogP contribution >= 0.6 is 0 Å². The number of hydrogen-bond donors (Lipinski definition) is 1. The molecule has 2 aromatic heterocycles. The Morgan fingerprint density at radius 3 is 2.65 bits per heavy atom. The predicted molar refractivity (Wildman–Crippen MR) is 96.2 cm³/mol. The van der Waals surface area contributed by atoms with E-state index in [9.17, 15) is 9.59 Å². The fraction of sp³-hybridized carbons (Fsp3) is 0.158. The van der Waals surface area contributed by atoms with Crippen molar-refractivity contribution in [2.75, 3.05) is 12.4 Å². The van der Waals surface area contributed by atoms with Gasteiger partial charge in [0.05, 0.1) is 31.0 Å². The number of carbonyl (C=O) groups excluding carboxylic acids is 2. The summed E-state index contributed by atoms with van der Waals surface area (Å²) < 4.78 is 6.30. The van der Waals surface area contributed by atoms with Crippen LogP contribution in [0, 0.1) is 6.92 Å². The van der Waals surface area contributed by atoms with Crippen LogP contribution in [0.15, 0.2) is 54.9 Å². The molecule has 0 unspecified atom stereocenters. The molecule has 2 heterocycles. The highest BCUT2D eigenvalue weighted by molar-refractivity contribution is 6.05. The van der Waals surface area contributed by atoms with Gasteiger partial charge in [0.2, 0.25) is 0 Å². The summed E-state index contributed by atoms with van der Waals surface area (Å²) in [6, 6.07) is 12.6. The molecule has 26 heavy (non-hydrogen) atoms. The lowest BCUT2D eigenvalue weighted by atomic mass is 10.1. The lowest BCUT2D eigenvalue weighted by Crippen LogP contribution is -2.15. The molecule has 0 aliphatic heterocycles. The van der Waals surface area contributed by atoms with Crippen molar-refractivity contribution >= 4 is 17.6 Å². The first-order chi connectivity index (χ1) is 12.6. The molecule has 0 saturated carbocycles. The van der Waals surface area contributed by atoms with Crippen LogP contribution in [0.4, 0.5) is 5.69 Å². The molecule has 0 spiro atoms. The van der Waals surface area contributed by atoms with Crippen molar-refractivity contribution in [2.24, 2.45) is 0 Å². The van der Waals surface area contributed by atoms with Crippen molar-refractivity contribution in [3.8, 4) is 5.82 Å². The summed E-state index contributed by atoms with van der Waals surface area (Å²) in [5, 5.41) is 7.09. The minimum absolute atomic E-state index is 0.0825. The number of nitrogens with zero attached hydrogens (tertiary/aromatic N) is 3. The molecule has 132 valence electrons. The molecule has 0 aliphatic rings. The van der Waals surface area contributed by atoms with Crippen molar-refractivity contribution in [3.05, 3.63) is 71.7 Å². The molecule has 0 bridgehead atoms. The number of ether oxygens (including phenoxy) is 1. The molecule has 0 atom stereocenters. The topological polar surface area (TPSA) is 86.1 Å². The van der Waals surface area contributed by atoms with Crippen LogP contribution in [-0.2, 0) is 16.0 Å². The van der Waals surface area contributed by atoms with E-state index in [1.165, 1.54) is 13.3 Å². The largest absolute Gasteiger partial charge is 0.469 e. The number of pyridine rings is 1. The smallest absolute Gasteiger partial charge is 0.310 e. The minimum atomic E-state index is -0.370. The number of para-hydroxylation sites is 1. The van der Waals surface area contributed by atoms with E-state index >= 15 is 0 Å². The molecule has 1 amide bonds. The Bertz CT molecular complexity index is 935. The van der Waals surface area contributed by atoms with Gasteiger partial charge in [-0.05, 0) is 30.7 Å². The summed E-state index contributed by atoms with van der Waals surface area (Å²) in [6.07, 6.45) is 3.25. The Morgan fingerprint density at radius 2 is 1.92 bits per heavy atom. The molecule has 7 heteroatoms. The standard InChI is InChI=1S/C19H18N4O3/c1-13-15(12-21-23(13)17-9-5-6-10-20-17)19(25)22-16-8-4-3-7-14(16)11-18(24)26-2/h3-10,12H,11H2,1-2H3,(H,22,25). The van der Waals surface area contributed by atoms with Crippen molar-refractivity contribution < 1.29 is 14.3 Å². The number of rotatable bonds is 5. The fourth-order valence-electron chi connectivity index (χ4n) is 2.56. The van der Waals surface area contributed by atoms with Crippen molar-refractivity contribution in [1.82, 2.24) is 14.8 Å². The van der Waals surface area contributed by atoms with Crippen LogP contribution in [0.25, 0.3) is 5.82 Å². The van der Waals surface area contributed by atoms with Gasteiger partial charge >= 0.3 is 5.97 Å². The molecule has 0 aliphatic carbocycles. The van der Waals surface area contributed by atoms with Crippen molar-refractivity contribution in [3.63, 3.8) is 0 Å². The lowest BCUT2D eigenvalue weighted by molar-refractivity contribution is -0.139. The number of amides is 1. The van der Waals surface area contributed by atoms with Crippen LogP contribution in [0.5, 0.6) is 0 Å². The Morgan fingerprint density at radius 1 is 1.15 bits per heavy atom. The highest BCUT2D eigenvalue weighted by atomic mass is 16.5. The van der Waals surface area contributed by atoms with E-state index in [1.54, 1.807) is 42.1 Å². The normalized spacial score (nSPS) is 10.4. The number of benzene rings is 1. The summed E-state index contributed by atoms with van der Waals surface area (Å²) in [4.78, 5) is 28.5. The van der Waals surface area contributed by atoms with Crippen LogP contribution in [-0.4, -0.2) is 33.8 Å². The SMILES string of the molecule is COC(=O)Cc1ccccc1NC(=O)c1cnn(-c2ccccn2)c1C. The molecule has 1 N–H and O–H groups in total. The highest BCUT2D eigenvalue weighted by Gasteiger charge is 2.17. The molecule has 3 aromatic rings. The Hall–Kier alpha value is -3.48. The second kappa shape index (κ2) is 7.60. The van der Waals surface area contributed by atoms with Gasteiger partial charge in [0.15, 0.2) is 5.82 Å². The highest BCUT2D eigenvalue weighted by Crippen LogP contribution is 2.19. The first-order valence-corrected chi connectivity index (χ1v) is 8.02. The minimum Gasteiger partial charge on any atom is -0.469 e. The second-order valence-electron chi connectivity index (χ2n) is 5.61. The molecule has 7 nitrogen and oxygen atoms in total. The number of carbonyl (C=O) groups is 2. The third-order valence-corrected chi connectivity index (χ3v) is 3.95. The van der Waals surface area contributed by atoms with E-state index < -0.39 is 0 Å². The number of nitrogens with one attached hydrogen (secondary N) is 1. The summed E-state index contributed by atoms with van der Waals surface area (Å²) in [7, 11) is 1.33. The third-order valence-electron chi connectivity index (χ3n) is 3.95. The van der Waals surface area contributed by atoms with E-state index in [4.69, 9.17) is 4.74 Å². The Labute approximate surface area is 150 Å². The average Bonchev–Trinajstić information content (AvgIpc) is 3.05. The van der Waals surface area contributed by atoms with Gasteiger partial charge < -0.3 is 10.1 Å². The first-order valence-electron chi connectivity index (χ1n) is 8.02. The monoisotopic (exact) mass is 350 g/mol. The van der Waals surface area contributed by atoms with Gasteiger partial charge in [-0.25, -0.2) is 9.67 Å². The van der Waals surface area contributed by atoms with E-state index in [1.807, 2.05) is 18.2 Å². The summed E-state index contributed by atoms with van der Waals surface area (Å²) in [5.74, 6) is -0.0389. The van der Waals surface area contributed by atoms with Crippen molar-refractivity contribution in [1.29, 1.82) is 0 Å². The number of hydrogen-bond acceptors (Lipinski definition) is 5. The van der Waals surface area contributed by atoms with Crippen molar-refractivity contribution in [2.45, 2.75) is 13.3 Å². The van der Waals surface area contributed by atoms with Gasteiger partial charge in [-0.1, -0.05) is 24.3 Å². The zero-order valence-corrected chi connectivity index (χ0v) is 14.5. The first kappa shape index (κ1) is 17.3. The molecule has 0 saturated heterocycles. The number of esters is 1. The zero-order chi connectivity index (χ0) is 18.5. The molecule has 0 radical (unpaired) electrons. The van der Waals surface area contributed by atoms with Gasteiger partial charge in [-0.15, -0.1) is 0 Å². The number of methoxy groups -OCH3 is 1. The molecule has 1 aromatic carbocycles. The van der Waals surface area contributed by atoms with Crippen LogP contribution < -0.4 is 5.32 Å². The third kappa shape index (κ3) is 3.61. The molecular weight excluding hydrogens is 332 g/mol. The number of anilines is 1.